The van der Waals surface area contributed by atoms with E-state index in [9.17, 15) is 9.90 Å². The third-order valence-corrected chi connectivity index (χ3v) is 3.98. The SMILES string of the molecule is CCC(Oc1cc(-c2ccc(OC)cc2)n(-c2ccccc2)n1)C(=O)O. The van der Waals surface area contributed by atoms with Crippen LogP contribution in [0.15, 0.2) is 60.7 Å². The van der Waals surface area contributed by atoms with Crippen molar-refractivity contribution in [2.75, 3.05) is 7.11 Å². The molecule has 0 fully saturated rings. The summed E-state index contributed by atoms with van der Waals surface area (Å²) in [6.45, 7) is 1.76. The van der Waals surface area contributed by atoms with Crippen molar-refractivity contribution in [2.45, 2.75) is 19.4 Å². The number of hydrogen-bond acceptors (Lipinski definition) is 4. The van der Waals surface area contributed by atoms with Crippen LogP contribution in [0.1, 0.15) is 13.3 Å². The van der Waals surface area contributed by atoms with Crippen LogP contribution in [0.2, 0.25) is 0 Å². The molecule has 0 saturated carbocycles. The van der Waals surface area contributed by atoms with Crippen LogP contribution in [0, 0.1) is 0 Å². The van der Waals surface area contributed by atoms with E-state index < -0.39 is 12.1 Å². The van der Waals surface area contributed by atoms with E-state index in [1.54, 1.807) is 24.8 Å². The van der Waals surface area contributed by atoms with Crippen LogP contribution >= 0.6 is 0 Å². The summed E-state index contributed by atoms with van der Waals surface area (Å²) in [5, 5.41) is 13.7. The van der Waals surface area contributed by atoms with Gasteiger partial charge in [0.15, 0.2) is 6.10 Å². The van der Waals surface area contributed by atoms with E-state index in [1.165, 1.54) is 0 Å². The topological polar surface area (TPSA) is 73.6 Å². The summed E-state index contributed by atoms with van der Waals surface area (Å²) in [4.78, 5) is 11.3. The van der Waals surface area contributed by atoms with Gasteiger partial charge in [-0.3, -0.25) is 0 Å². The molecule has 0 saturated heterocycles. The molecule has 26 heavy (non-hydrogen) atoms. The number of hydrogen-bond donors (Lipinski definition) is 1. The second kappa shape index (κ2) is 7.74. The largest absolute Gasteiger partial charge is 0.497 e. The molecule has 6 heteroatoms. The van der Waals surface area contributed by atoms with Gasteiger partial charge in [0.05, 0.1) is 18.5 Å². The number of para-hydroxylation sites is 1. The molecule has 0 bridgehead atoms. The summed E-state index contributed by atoms with van der Waals surface area (Å²) in [6.07, 6.45) is -0.580. The van der Waals surface area contributed by atoms with Crippen molar-refractivity contribution in [3.8, 4) is 28.6 Å². The van der Waals surface area contributed by atoms with Gasteiger partial charge in [0.2, 0.25) is 5.88 Å². The number of carboxylic acid groups (broad SMARTS) is 1. The summed E-state index contributed by atoms with van der Waals surface area (Å²) in [5.41, 5.74) is 2.58. The number of aliphatic carboxylic acids is 1. The summed E-state index contributed by atoms with van der Waals surface area (Å²) in [6, 6.07) is 18.9. The van der Waals surface area contributed by atoms with Crippen molar-refractivity contribution in [2.24, 2.45) is 0 Å². The van der Waals surface area contributed by atoms with E-state index in [1.807, 2.05) is 54.6 Å². The molecule has 6 nitrogen and oxygen atoms in total. The number of benzene rings is 2. The Labute approximate surface area is 151 Å². The first-order valence-corrected chi connectivity index (χ1v) is 8.31. The van der Waals surface area contributed by atoms with Gasteiger partial charge < -0.3 is 14.6 Å². The van der Waals surface area contributed by atoms with E-state index in [2.05, 4.69) is 5.10 Å². The fourth-order valence-corrected chi connectivity index (χ4v) is 2.60. The third kappa shape index (κ3) is 3.69. The molecular weight excluding hydrogens is 332 g/mol. The fraction of sp³-hybridized carbons (Fsp3) is 0.200. The second-order valence-electron chi connectivity index (χ2n) is 5.70. The highest BCUT2D eigenvalue weighted by atomic mass is 16.5. The Bertz CT molecular complexity index is 873. The Morgan fingerprint density at radius 3 is 2.42 bits per heavy atom. The number of methoxy groups -OCH3 is 1. The minimum absolute atomic E-state index is 0.272. The minimum Gasteiger partial charge on any atom is -0.497 e. The number of carbonyl (C=O) groups is 1. The number of aromatic nitrogens is 2. The Hall–Kier alpha value is -3.28. The monoisotopic (exact) mass is 352 g/mol. The second-order valence-corrected chi connectivity index (χ2v) is 5.70. The first-order chi connectivity index (χ1) is 12.6. The molecule has 0 aliphatic rings. The maximum atomic E-state index is 11.3. The molecular formula is C20H20N2O4. The molecule has 134 valence electrons. The van der Waals surface area contributed by atoms with E-state index in [0.29, 0.717) is 6.42 Å². The predicted octanol–water partition coefficient (Wildman–Crippen LogP) is 3.79. The van der Waals surface area contributed by atoms with E-state index in [-0.39, 0.29) is 5.88 Å². The Morgan fingerprint density at radius 2 is 1.85 bits per heavy atom. The van der Waals surface area contributed by atoms with Gasteiger partial charge >= 0.3 is 5.97 Å². The van der Waals surface area contributed by atoms with Crippen molar-refractivity contribution in [3.63, 3.8) is 0 Å². The van der Waals surface area contributed by atoms with Crippen LogP contribution in [0.5, 0.6) is 11.6 Å². The molecule has 0 radical (unpaired) electrons. The van der Waals surface area contributed by atoms with Crippen molar-refractivity contribution in [3.05, 3.63) is 60.7 Å². The molecule has 0 aliphatic heterocycles. The number of nitrogens with zero attached hydrogens (tertiary/aromatic N) is 2. The van der Waals surface area contributed by atoms with Crippen LogP contribution < -0.4 is 9.47 Å². The lowest BCUT2D eigenvalue weighted by molar-refractivity contribution is -0.145. The fourth-order valence-electron chi connectivity index (χ4n) is 2.60. The molecule has 1 unspecified atom stereocenters. The zero-order valence-electron chi connectivity index (χ0n) is 14.6. The molecule has 0 aliphatic carbocycles. The number of rotatable bonds is 7. The van der Waals surface area contributed by atoms with Gasteiger partial charge in [0.1, 0.15) is 5.75 Å². The van der Waals surface area contributed by atoms with E-state index >= 15 is 0 Å². The third-order valence-electron chi connectivity index (χ3n) is 3.98. The zero-order valence-corrected chi connectivity index (χ0v) is 14.6. The lowest BCUT2D eigenvalue weighted by Gasteiger charge is -2.10. The Morgan fingerprint density at radius 1 is 1.15 bits per heavy atom. The normalized spacial score (nSPS) is 11.8. The molecule has 1 aromatic heterocycles. The van der Waals surface area contributed by atoms with Crippen molar-refractivity contribution >= 4 is 5.97 Å². The molecule has 1 heterocycles. The van der Waals surface area contributed by atoms with Crippen molar-refractivity contribution in [1.82, 2.24) is 9.78 Å². The molecule has 3 rings (SSSR count). The molecule has 3 aromatic rings. The van der Waals surface area contributed by atoms with Gasteiger partial charge in [-0.05, 0) is 42.8 Å². The molecule has 2 aromatic carbocycles. The van der Waals surface area contributed by atoms with Crippen LogP contribution in [-0.4, -0.2) is 34.1 Å². The molecule has 0 spiro atoms. The van der Waals surface area contributed by atoms with Crippen LogP contribution in [0.25, 0.3) is 16.9 Å². The van der Waals surface area contributed by atoms with Crippen LogP contribution in [-0.2, 0) is 4.79 Å². The summed E-state index contributed by atoms with van der Waals surface area (Å²) in [5.74, 6) is 0.0228. The van der Waals surface area contributed by atoms with E-state index in [4.69, 9.17) is 9.47 Å². The number of carboxylic acids is 1. The highest BCUT2D eigenvalue weighted by molar-refractivity contribution is 5.72. The standard InChI is InChI=1S/C20H20N2O4/c1-3-18(20(23)24)26-19-13-17(14-9-11-16(25-2)12-10-14)22(21-19)15-7-5-4-6-8-15/h4-13,18H,3H2,1-2H3,(H,23,24). The number of ether oxygens (including phenoxy) is 2. The van der Waals surface area contributed by atoms with E-state index in [0.717, 1.165) is 22.7 Å². The lowest BCUT2D eigenvalue weighted by Crippen LogP contribution is -2.26. The smallest absolute Gasteiger partial charge is 0.344 e. The maximum Gasteiger partial charge on any atom is 0.344 e. The zero-order chi connectivity index (χ0) is 18.5. The summed E-state index contributed by atoms with van der Waals surface area (Å²) < 4.78 is 12.5. The quantitative estimate of drug-likeness (QED) is 0.700. The predicted molar refractivity (Wildman–Crippen MR) is 97.9 cm³/mol. The summed E-state index contributed by atoms with van der Waals surface area (Å²) >= 11 is 0. The molecule has 1 N–H and O–H groups in total. The first kappa shape index (κ1) is 17.5. The van der Waals surface area contributed by atoms with Crippen molar-refractivity contribution in [1.29, 1.82) is 0 Å². The summed E-state index contributed by atoms with van der Waals surface area (Å²) in [7, 11) is 1.62. The molecule has 1 atom stereocenters. The Balaban J connectivity index is 2.04. The highest BCUT2D eigenvalue weighted by Gasteiger charge is 2.20. The average Bonchev–Trinajstić information content (AvgIpc) is 3.10. The molecule has 0 amide bonds. The minimum atomic E-state index is -1.01. The van der Waals surface area contributed by atoms with Gasteiger partial charge in [0.25, 0.3) is 0 Å². The maximum absolute atomic E-state index is 11.3. The first-order valence-electron chi connectivity index (χ1n) is 8.31. The van der Waals surface area contributed by atoms with Crippen molar-refractivity contribution < 1.29 is 19.4 Å². The van der Waals surface area contributed by atoms with Crippen LogP contribution in [0.4, 0.5) is 0 Å². The van der Waals surface area contributed by atoms with Gasteiger partial charge in [-0.1, -0.05) is 25.1 Å². The highest BCUT2D eigenvalue weighted by Crippen LogP contribution is 2.29. The van der Waals surface area contributed by atoms with Gasteiger partial charge in [0, 0.05) is 11.6 Å². The van der Waals surface area contributed by atoms with Gasteiger partial charge in [-0.2, -0.15) is 0 Å². The Kier molecular flexibility index (Phi) is 5.22. The van der Waals surface area contributed by atoms with Gasteiger partial charge in [-0.15, -0.1) is 5.10 Å². The average molecular weight is 352 g/mol. The lowest BCUT2D eigenvalue weighted by atomic mass is 10.1. The van der Waals surface area contributed by atoms with Gasteiger partial charge in [-0.25, -0.2) is 9.48 Å². The van der Waals surface area contributed by atoms with Crippen LogP contribution in [0.3, 0.4) is 0 Å².